The van der Waals surface area contributed by atoms with Crippen molar-refractivity contribution in [3.8, 4) is 51.0 Å². The van der Waals surface area contributed by atoms with Crippen molar-refractivity contribution in [2.45, 2.75) is 0 Å². The van der Waals surface area contributed by atoms with Crippen LogP contribution in [0, 0.1) is 0 Å². The Labute approximate surface area is 325 Å². The van der Waals surface area contributed by atoms with E-state index in [-0.39, 0.29) is 0 Å². The zero-order chi connectivity index (χ0) is 37.5. The summed E-state index contributed by atoms with van der Waals surface area (Å²) in [5.74, 6) is 1.68. The third-order valence-corrected chi connectivity index (χ3v) is 11.1. The Balaban J connectivity index is 1.04. The van der Waals surface area contributed by atoms with Gasteiger partial charge in [-0.15, -0.1) is 0 Å². The molecule has 8 aromatic carbocycles. The molecule has 0 aliphatic heterocycles. The predicted molar refractivity (Wildman–Crippen MR) is 230 cm³/mol. The smallest absolute Gasteiger partial charge is 0.167 e. The van der Waals surface area contributed by atoms with E-state index in [4.69, 9.17) is 23.8 Å². The van der Waals surface area contributed by atoms with E-state index in [0.29, 0.717) is 17.5 Å². The highest BCUT2D eigenvalue weighted by Crippen LogP contribution is 2.41. The second-order valence-electron chi connectivity index (χ2n) is 14.4. The summed E-state index contributed by atoms with van der Waals surface area (Å²) in [6, 6.07) is 62.7. The van der Waals surface area contributed by atoms with Gasteiger partial charge in [0.25, 0.3) is 0 Å². The van der Waals surface area contributed by atoms with Gasteiger partial charge >= 0.3 is 0 Å². The molecule has 0 unspecified atom stereocenters. The molecule has 0 amide bonds. The molecule has 4 heterocycles. The second kappa shape index (κ2) is 12.3. The topological polar surface area (TPSA) is 69.9 Å². The number of hydrogen-bond acceptors (Lipinski definition) is 5. The van der Waals surface area contributed by atoms with Crippen LogP contribution in [0.4, 0.5) is 0 Å². The normalized spacial score (nSPS) is 11.9. The van der Waals surface area contributed by atoms with Crippen LogP contribution in [0.1, 0.15) is 0 Å². The highest BCUT2D eigenvalue weighted by molar-refractivity contribution is 6.14. The lowest BCUT2D eigenvalue weighted by Gasteiger charge is -2.10. The molecule has 6 heteroatoms. The monoisotopic (exact) mass is 730 g/mol. The van der Waals surface area contributed by atoms with Gasteiger partial charge in [0.05, 0.1) is 16.6 Å². The van der Waals surface area contributed by atoms with Crippen LogP contribution in [0.15, 0.2) is 191 Å². The quantitative estimate of drug-likeness (QED) is 0.176. The van der Waals surface area contributed by atoms with Gasteiger partial charge in [0.1, 0.15) is 22.3 Å². The van der Waals surface area contributed by atoms with E-state index >= 15 is 0 Å². The Morgan fingerprint density at radius 1 is 0.351 bits per heavy atom. The molecular formula is C51H30N4O2. The SMILES string of the molecule is c1ccc(-c2ccc3c(c2)c2ccccc2n3-c2ccc3c(c2)oc2cccc(-c4nc(-c5ccccc5)nc(-c5cccc6c5oc5ccccc56)n4)c23)cc1. The van der Waals surface area contributed by atoms with Gasteiger partial charge in [0.2, 0.25) is 0 Å². The molecule has 0 aliphatic carbocycles. The number of benzene rings is 8. The molecule has 6 nitrogen and oxygen atoms in total. The second-order valence-corrected chi connectivity index (χ2v) is 14.4. The average molecular weight is 731 g/mol. The van der Waals surface area contributed by atoms with Crippen LogP contribution in [0.3, 0.4) is 0 Å². The molecule has 12 aromatic rings. The van der Waals surface area contributed by atoms with Gasteiger partial charge in [-0.3, -0.25) is 0 Å². The van der Waals surface area contributed by atoms with Crippen molar-refractivity contribution in [3.05, 3.63) is 182 Å². The Morgan fingerprint density at radius 3 is 1.86 bits per heavy atom. The van der Waals surface area contributed by atoms with Crippen LogP contribution in [-0.2, 0) is 0 Å². The lowest BCUT2D eigenvalue weighted by molar-refractivity contribution is 0.668. The lowest BCUT2D eigenvalue weighted by Crippen LogP contribution is -2.00. The van der Waals surface area contributed by atoms with Crippen LogP contribution >= 0.6 is 0 Å². The van der Waals surface area contributed by atoms with E-state index < -0.39 is 0 Å². The van der Waals surface area contributed by atoms with Gasteiger partial charge in [0, 0.05) is 55.2 Å². The Bertz CT molecular complexity index is 3530. The van der Waals surface area contributed by atoms with Crippen molar-refractivity contribution in [1.82, 2.24) is 19.5 Å². The van der Waals surface area contributed by atoms with Crippen LogP contribution in [0.2, 0.25) is 0 Å². The van der Waals surface area contributed by atoms with Gasteiger partial charge < -0.3 is 13.4 Å². The maximum atomic E-state index is 6.68. The average Bonchev–Trinajstić information content (AvgIpc) is 3.96. The van der Waals surface area contributed by atoms with E-state index in [1.165, 1.54) is 21.9 Å². The van der Waals surface area contributed by atoms with Crippen molar-refractivity contribution in [2.24, 2.45) is 0 Å². The summed E-state index contributed by atoms with van der Waals surface area (Å²) < 4.78 is 15.5. The molecule has 0 N–H and O–H groups in total. The number of para-hydroxylation sites is 3. The third kappa shape index (κ3) is 4.94. The van der Waals surface area contributed by atoms with Crippen LogP contribution in [0.5, 0.6) is 0 Å². The van der Waals surface area contributed by atoms with Crippen molar-refractivity contribution in [2.75, 3.05) is 0 Å². The summed E-state index contributed by atoms with van der Waals surface area (Å²) in [4.78, 5) is 15.4. The van der Waals surface area contributed by atoms with Crippen molar-refractivity contribution < 1.29 is 8.83 Å². The molecule has 0 bridgehead atoms. The largest absolute Gasteiger partial charge is 0.456 e. The Hall–Kier alpha value is -7.83. The summed E-state index contributed by atoms with van der Waals surface area (Å²) in [5.41, 5.74) is 11.4. The van der Waals surface area contributed by atoms with Gasteiger partial charge in [0.15, 0.2) is 17.5 Å². The highest BCUT2D eigenvalue weighted by Gasteiger charge is 2.21. The summed E-state index contributed by atoms with van der Waals surface area (Å²) in [7, 11) is 0. The lowest BCUT2D eigenvalue weighted by atomic mass is 10.0. The number of hydrogen-bond donors (Lipinski definition) is 0. The highest BCUT2D eigenvalue weighted by atomic mass is 16.3. The Kier molecular flexibility index (Phi) is 6.83. The van der Waals surface area contributed by atoms with Crippen LogP contribution in [-0.4, -0.2) is 19.5 Å². The molecule has 0 aliphatic rings. The summed E-state index contributed by atoms with van der Waals surface area (Å²) >= 11 is 0. The fraction of sp³-hybridized carbons (Fsp3) is 0. The van der Waals surface area contributed by atoms with Crippen LogP contribution in [0.25, 0.3) is 117 Å². The molecular weight excluding hydrogens is 701 g/mol. The van der Waals surface area contributed by atoms with Crippen molar-refractivity contribution in [3.63, 3.8) is 0 Å². The zero-order valence-corrected chi connectivity index (χ0v) is 30.4. The molecule has 4 aromatic heterocycles. The zero-order valence-electron chi connectivity index (χ0n) is 30.4. The minimum Gasteiger partial charge on any atom is -0.456 e. The van der Waals surface area contributed by atoms with E-state index in [1.54, 1.807) is 0 Å². The first-order chi connectivity index (χ1) is 28.2. The number of aromatic nitrogens is 4. The molecule has 0 atom stereocenters. The molecule has 12 rings (SSSR count). The summed E-state index contributed by atoms with van der Waals surface area (Å²) in [6.07, 6.45) is 0. The third-order valence-electron chi connectivity index (χ3n) is 11.1. The van der Waals surface area contributed by atoms with E-state index in [2.05, 4.69) is 114 Å². The molecule has 266 valence electrons. The number of nitrogens with zero attached hydrogens (tertiary/aromatic N) is 4. The molecule has 0 fully saturated rings. The fourth-order valence-electron chi connectivity index (χ4n) is 8.46. The van der Waals surface area contributed by atoms with Gasteiger partial charge in [-0.2, -0.15) is 0 Å². The first-order valence-electron chi connectivity index (χ1n) is 19.0. The summed E-state index contributed by atoms with van der Waals surface area (Å²) in [6.45, 7) is 0. The van der Waals surface area contributed by atoms with Crippen molar-refractivity contribution >= 4 is 65.7 Å². The van der Waals surface area contributed by atoms with Crippen molar-refractivity contribution in [1.29, 1.82) is 0 Å². The molecule has 0 saturated heterocycles. The van der Waals surface area contributed by atoms with Gasteiger partial charge in [-0.25, -0.2) is 15.0 Å². The minimum atomic E-state index is 0.539. The summed E-state index contributed by atoms with van der Waals surface area (Å²) in [5, 5.41) is 6.42. The molecule has 0 spiro atoms. The number of fused-ring (bicyclic) bond motifs is 9. The number of rotatable bonds is 5. The predicted octanol–water partition coefficient (Wildman–Crippen LogP) is 13.4. The molecule has 0 saturated carbocycles. The van der Waals surface area contributed by atoms with E-state index in [1.807, 2.05) is 72.8 Å². The number of furan rings is 2. The first kappa shape index (κ1) is 31.5. The first-order valence-corrected chi connectivity index (χ1v) is 19.0. The molecule has 0 radical (unpaired) electrons. The maximum Gasteiger partial charge on any atom is 0.167 e. The van der Waals surface area contributed by atoms with Gasteiger partial charge in [-0.05, 0) is 59.7 Å². The molecule has 57 heavy (non-hydrogen) atoms. The van der Waals surface area contributed by atoms with E-state index in [9.17, 15) is 0 Å². The minimum absolute atomic E-state index is 0.539. The fourth-order valence-corrected chi connectivity index (χ4v) is 8.46. The van der Waals surface area contributed by atoms with Crippen LogP contribution < -0.4 is 0 Å². The maximum absolute atomic E-state index is 6.68. The Morgan fingerprint density at radius 2 is 1.00 bits per heavy atom. The van der Waals surface area contributed by atoms with E-state index in [0.717, 1.165) is 77.3 Å². The standard InChI is InChI=1S/C51H30N4O2/c1-3-13-31(14-4-1)33-25-28-43-41(29-33)35-17-7-9-22-42(35)55(43)34-26-27-38-46(30-34)56-45-24-12-20-39(47(38)45)50-52-49(32-15-5-2-6-16-32)53-51(54-50)40-21-11-19-37-36-18-8-10-23-44(36)57-48(37)40/h1-30H. The van der Waals surface area contributed by atoms with Gasteiger partial charge in [-0.1, -0.05) is 127 Å².